The van der Waals surface area contributed by atoms with Gasteiger partial charge in [-0.25, -0.2) is 0 Å². The zero-order valence-corrected chi connectivity index (χ0v) is 12.0. The van der Waals surface area contributed by atoms with Crippen molar-refractivity contribution in [2.75, 3.05) is 0 Å². The second-order valence-electron chi connectivity index (χ2n) is 5.68. The smallest absolute Gasteiger partial charge is 0.137 e. The fourth-order valence-corrected chi connectivity index (χ4v) is 4.13. The van der Waals surface area contributed by atoms with Crippen molar-refractivity contribution in [2.24, 2.45) is 5.92 Å². The van der Waals surface area contributed by atoms with Gasteiger partial charge in [0.2, 0.25) is 0 Å². The molecule has 19 heavy (non-hydrogen) atoms. The minimum absolute atomic E-state index is 0.426. The molecular formula is C17H20OS. The molecule has 0 bridgehead atoms. The highest BCUT2D eigenvalue weighted by molar-refractivity contribution is 7.17. The molecule has 1 fully saturated rings. The third kappa shape index (κ3) is 3.06. The van der Waals surface area contributed by atoms with Gasteiger partial charge in [-0.2, -0.15) is 0 Å². The highest BCUT2D eigenvalue weighted by atomic mass is 32.1. The number of carbonyl (C=O) groups is 1. The van der Waals surface area contributed by atoms with Crippen molar-refractivity contribution in [1.29, 1.82) is 0 Å². The molecule has 0 atom stereocenters. The molecular weight excluding hydrogens is 252 g/mol. The Morgan fingerprint density at radius 3 is 2.79 bits per heavy atom. The van der Waals surface area contributed by atoms with Crippen LogP contribution in [0.5, 0.6) is 0 Å². The summed E-state index contributed by atoms with van der Waals surface area (Å²) in [6, 6.07) is 8.39. The summed E-state index contributed by atoms with van der Waals surface area (Å²) in [5.74, 6) is 1.08. The largest absolute Gasteiger partial charge is 0.299 e. The summed E-state index contributed by atoms with van der Waals surface area (Å²) in [6.07, 6.45) is 7.94. The Morgan fingerprint density at radius 1 is 1.16 bits per heavy atom. The van der Waals surface area contributed by atoms with E-state index < -0.39 is 0 Å². The molecule has 1 aliphatic carbocycles. The van der Waals surface area contributed by atoms with Crippen LogP contribution in [-0.2, 0) is 11.2 Å². The van der Waals surface area contributed by atoms with Gasteiger partial charge in [-0.15, -0.1) is 11.3 Å². The van der Waals surface area contributed by atoms with Crippen molar-refractivity contribution in [3.63, 3.8) is 0 Å². The molecule has 1 aromatic heterocycles. The Labute approximate surface area is 118 Å². The second kappa shape index (κ2) is 5.87. The zero-order valence-electron chi connectivity index (χ0n) is 11.2. The summed E-state index contributed by atoms with van der Waals surface area (Å²) in [7, 11) is 0. The molecule has 0 amide bonds. The third-order valence-corrected chi connectivity index (χ3v) is 5.20. The van der Waals surface area contributed by atoms with Crippen molar-refractivity contribution in [3.8, 4) is 0 Å². The minimum Gasteiger partial charge on any atom is -0.299 e. The predicted molar refractivity (Wildman–Crippen MR) is 81.7 cm³/mol. The van der Waals surface area contributed by atoms with E-state index in [0.29, 0.717) is 18.1 Å². The van der Waals surface area contributed by atoms with Gasteiger partial charge in [0.25, 0.3) is 0 Å². The zero-order chi connectivity index (χ0) is 13.1. The number of thiophene rings is 1. The maximum atomic E-state index is 12.2. The van der Waals surface area contributed by atoms with Crippen molar-refractivity contribution < 1.29 is 4.79 Å². The molecule has 1 heterocycles. The van der Waals surface area contributed by atoms with Crippen LogP contribution in [0.25, 0.3) is 10.1 Å². The maximum absolute atomic E-state index is 12.2. The van der Waals surface area contributed by atoms with Gasteiger partial charge < -0.3 is 0 Å². The van der Waals surface area contributed by atoms with E-state index in [4.69, 9.17) is 0 Å². The summed E-state index contributed by atoms with van der Waals surface area (Å²) in [6.45, 7) is 0. The van der Waals surface area contributed by atoms with Crippen LogP contribution in [0.2, 0.25) is 0 Å². The van der Waals surface area contributed by atoms with E-state index in [0.717, 1.165) is 6.42 Å². The summed E-state index contributed by atoms with van der Waals surface area (Å²) < 4.78 is 1.29. The predicted octanol–water partition coefficient (Wildman–Crippen LogP) is 4.98. The van der Waals surface area contributed by atoms with Crippen LogP contribution >= 0.6 is 11.3 Å². The molecule has 100 valence electrons. The van der Waals surface area contributed by atoms with E-state index in [1.165, 1.54) is 47.8 Å². The highest BCUT2D eigenvalue weighted by Gasteiger charge is 2.18. The van der Waals surface area contributed by atoms with Crippen LogP contribution in [0.1, 0.15) is 44.1 Å². The second-order valence-corrected chi connectivity index (χ2v) is 6.59. The minimum atomic E-state index is 0.426. The van der Waals surface area contributed by atoms with Gasteiger partial charge in [-0.05, 0) is 28.3 Å². The normalized spacial score (nSPS) is 16.8. The number of hydrogen-bond donors (Lipinski definition) is 0. The Kier molecular flexibility index (Phi) is 3.97. The molecule has 0 N–H and O–H groups in total. The van der Waals surface area contributed by atoms with Crippen LogP contribution in [-0.4, -0.2) is 5.78 Å². The third-order valence-electron chi connectivity index (χ3n) is 4.19. The van der Waals surface area contributed by atoms with Gasteiger partial charge >= 0.3 is 0 Å². The Balaban J connectivity index is 1.65. The van der Waals surface area contributed by atoms with Crippen LogP contribution in [0, 0.1) is 5.92 Å². The number of rotatable bonds is 4. The molecule has 2 aromatic rings. The van der Waals surface area contributed by atoms with Gasteiger partial charge in [-0.3, -0.25) is 4.79 Å². The first-order valence-corrected chi connectivity index (χ1v) is 8.18. The summed E-state index contributed by atoms with van der Waals surface area (Å²) in [5.41, 5.74) is 1.22. The molecule has 0 aliphatic heterocycles. The molecule has 3 rings (SSSR count). The van der Waals surface area contributed by atoms with Gasteiger partial charge in [0, 0.05) is 17.5 Å². The van der Waals surface area contributed by atoms with Crippen LogP contribution in [0.15, 0.2) is 29.6 Å². The molecule has 0 saturated heterocycles. The average Bonchev–Trinajstić information content (AvgIpc) is 2.83. The first-order valence-electron chi connectivity index (χ1n) is 7.30. The lowest BCUT2D eigenvalue weighted by Crippen LogP contribution is -2.13. The summed E-state index contributed by atoms with van der Waals surface area (Å²) in [5, 5.41) is 3.42. The average molecular weight is 272 g/mol. The lowest BCUT2D eigenvalue weighted by Gasteiger charge is -2.20. The van der Waals surface area contributed by atoms with Crippen molar-refractivity contribution in [1.82, 2.24) is 0 Å². The maximum Gasteiger partial charge on any atom is 0.137 e. The van der Waals surface area contributed by atoms with Crippen molar-refractivity contribution >= 4 is 27.2 Å². The van der Waals surface area contributed by atoms with Crippen molar-refractivity contribution in [3.05, 3.63) is 35.2 Å². The number of ketones is 1. The molecule has 1 aliphatic rings. The van der Waals surface area contributed by atoms with Gasteiger partial charge in [0.15, 0.2) is 0 Å². The summed E-state index contributed by atoms with van der Waals surface area (Å²) >= 11 is 1.75. The number of carbonyl (C=O) groups excluding carboxylic acids is 1. The first-order chi connectivity index (χ1) is 9.33. The summed E-state index contributed by atoms with van der Waals surface area (Å²) in [4.78, 5) is 12.2. The number of fused-ring (bicyclic) bond motifs is 1. The van der Waals surface area contributed by atoms with E-state index in [2.05, 4.69) is 29.6 Å². The SMILES string of the molecule is O=C(Cc1csc2ccccc12)CC1CCCCC1. The molecule has 1 nitrogen and oxygen atoms in total. The van der Waals surface area contributed by atoms with Crippen LogP contribution in [0.4, 0.5) is 0 Å². The van der Waals surface area contributed by atoms with Gasteiger partial charge in [0.05, 0.1) is 0 Å². The standard InChI is InChI=1S/C17H20OS/c18-15(10-13-6-2-1-3-7-13)11-14-12-19-17-9-5-4-8-16(14)17/h4-5,8-9,12-13H,1-3,6-7,10-11H2. The highest BCUT2D eigenvalue weighted by Crippen LogP contribution is 2.29. The number of benzene rings is 1. The fourth-order valence-electron chi connectivity index (χ4n) is 3.17. The monoisotopic (exact) mass is 272 g/mol. The van der Waals surface area contributed by atoms with E-state index in [1.807, 2.05) is 0 Å². The lowest BCUT2D eigenvalue weighted by molar-refractivity contribution is -0.119. The van der Waals surface area contributed by atoms with E-state index in [1.54, 1.807) is 11.3 Å². The van der Waals surface area contributed by atoms with E-state index in [-0.39, 0.29) is 0 Å². The van der Waals surface area contributed by atoms with Crippen LogP contribution in [0.3, 0.4) is 0 Å². The van der Waals surface area contributed by atoms with E-state index in [9.17, 15) is 4.79 Å². The molecule has 0 unspecified atom stereocenters. The van der Waals surface area contributed by atoms with E-state index >= 15 is 0 Å². The fraction of sp³-hybridized carbons (Fsp3) is 0.471. The molecule has 2 heteroatoms. The lowest BCUT2D eigenvalue weighted by atomic mass is 9.85. The Morgan fingerprint density at radius 2 is 1.95 bits per heavy atom. The van der Waals surface area contributed by atoms with Crippen LogP contribution < -0.4 is 0 Å². The molecule has 0 spiro atoms. The topological polar surface area (TPSA) is 17.1 Å². The Bertz CT molecular complexity index is 563. The molecule has 1 aromatic carbocycles. The first kappa shape index (κ1) is 12.9. The molecule has 0 radical (unpaired) electrons. The quantitative estimate of drug-likeness (QED) is 0.767. The Hall–Kier alpha value is -1.15. The number of Topliss-reactive ketones (excluding diaryl/α,β-unsaturated/α-hetero) is 1. The van der Waals surface area contributed by atoms with Gasteiger partial charge in [-0.1, -0.05) is 50.3 Å². The molecule has 1 saturated carbocycles. The number of hydrogen-bond acceptors (Lipinski definition) is 2. The van der Waals surface area contributed by atoms with Crippen molar-refractivity contribution in [2.45, 2.75) is 44.9 Å². The van der Waals surface area contributed by atoms with Gasteiger partial charge in [0.1, 0.15) is 5.78 Å².